The average Bonchev–Trinajstić information content (AvgIpc) is 2.97. The second-order valence-corrected chi connectivity index (χ2v) is 7.31. The van der Waals surface area contributed by atoms with E-state index in [0.29, 0.717) is 22.9 Å². The molecule has 27 heavy (non-hydrogen) atoms. The van der Waals surface area contributed by atoms with Gasteiger partial charge in [0.25, 0.3) is 5.91 Å². The minimum absolute atomic E-state index is 0.175. The van der Waals surface area contributed by atoms with Gasteiger partial charge in [-0.05, 0) is 44.7 Å². The molecule has 0 saturated heterocycles. The Kier molecular flexibility index (Phi) is 5.94. The van der Waals surface area contributed by atoms with Crippen LogP contribution in [0, 0.1) is 19.8 Å². The van der Waals surface area contributed by atoms with Crippen molar-refractivity contribution < 1.29 is 14.3 Å². The number of carbonyl (C=O) groups is 2. The topological polar surface area (TPSA) is 73.2 Å². The van der Waals surface area contributed by atoms with Crippen molar-refractivity contribution in [3.8, 4) is 5.69 Å². The SMILES string of the molecule is Cc1nn(-c2ccccc2)c(C)c1C(=O)OCC(=O)N[C@H]1CCCC[C@@H]1C. The summed E-state index contributed by atoms with van der Waals surface area (Å²) in [6, 6.07) is 9.78. The molecule has 1 aliphatic rings. The number of carbonyl (C=O) groups excluding carboxylic acids is 2. The van der Waals surface area contributed by atoms with Gasteiger partial charge in [0.2, 0.25) is 0 Å². The zero-order chi connectivity index (χ0) is 19.4. The molecule has 2 aromatic rings. The number of aryl methyl sites for hydroxylation is 1. The summed E-state index contributed by atoms with van der Waals surface area (Å²) in [5.41, 5.74) is 2.58. The molecule has 0 radical (unpaired) electrons. The summed E-state index contributed by atoms with van der Waals surface area (Å²) in [5.74, 6) is -0.293. The number of para-hydroxylation sites is 1. The third kappa shape index (κ3) is 4.38. The maximum absolute atomic E-state index is 12.5. The first-order chi connectivity index (χ1) is 13.0. The Morgan fingerprint density at radius 2 is 1.89 bits per heavy atom. The first kappa shape index (κ1) is 19.1. The van der Waals surface area contributed by atoms with Crippen molar-refractivity contribution in [1.29, 1.82) is 0 Å². The Hall–Kier alpha value is -2.63. The lowest BCUT2D eigenvalue weighted by molar-refractivity contribution is -0.125. The first-order valence-corrected chi connectivity index (χ1v) is 9.55. The number of hydrogen-bond donors (Lipinski definition) is 1. The Balaban J connectivity index is 1.63. The maximum Gasteiger partial charge on any atom is 0.342 e. The summed E-state index contributed by atoms with van der Waals surface area (Å²) >= 11 is 0. The third-order valence-corrected chi connectivity index (χ3v) is 5.29. The second-order valence-electron chi connectivity index (χ2n) is 7.31. The molecule has 0 spiro atoms. The van der Waals surface area contributed by atoms with Crippen molar-refractivity contribution in [3.63, 3.8) is 0 Å². The van der Waals surface area contributed by atoms with Crippen LogP contribution in [0.15, 0.2) is 30.3 Å². The van der Waals surface area contributed by atoms with Crippen LogP contribution in [-0.4, -0.2) is 34.3 Å². The number of hydrogen-bond acceptors (Lipinski definition) is 4. The lowest BCUT2D eigenvalue weighted by atomic mass is 9.86. The number of ether oxygens (including phenoxy) is 1. The highest BCUT2D eigenvalue weighted by molar-refractivity contribution is 5.93. The van der Waals surface area contributed by atoms with Gasteiger partial charge >= 0.3 is 5.97 Å². The molecule has 1 aromatic carbocycles. The predicted molar refractivity (Wildman–Crippen MR) is 103 cm³/mol. The molecule has 0 aliphatic heterocycles. The molecule has 6 nitrogen and oxygen atoms in total. The number of benzene rings is 1. The Morgan fingerprint density at radius 1 is 1.19 bits per heavy atom. The van der Waals surface area contributed by atoms with Gasteiger partial charge in [0.15, 0.2) is 6.61 Å². The molecule has 1 aliphatic carbocycles. The predicted octanol–water partition coefficient (Wildman–Crippen LogP) is 3.34. The summed E-state index contributed by atoms with van der Waals surface area (Å²) in [7, 11) is 0. The highest BCUT2D eigenvalue weighted by Gasteiger charge is 2.25. The first-order valence-electron chi connectivity index (χ1n) is 9.55. The van der Waals surface area contributed by atoms with E-state index in [0.717, 1.165) is 24.9 Å². The summed E-state index contributed by atoms with van der Waals surface area (Å²) in [6.07, 6.45) is 4.46. The van der Waals surface area contributed by atoms with Gasteiger partial charge in [0.1, 0.15) is 5.56 Å². The fraction of sp³-hybridized carbons (Fsp3) is 0.476. The van der Waals surface area contributed by atoms with Crippen LogP contribution in [0.3, 0.4) is 0 Å². The number of esters is 1. The van der Waals surface area contributed by atoms with E-state index in [9.17, 15) is 9.59 Å². The minimum Gasteiger partial charge on any atom is -0.452 e. The van der Waals surface area contributed by atoms with Gasteiger partial charge < -0.3 is 10.1 Å². The zero-order valence-electron chi connectivity index (χ0n) is 16.2. The van der Waals surface area contributed by atoms with Crippen molar-refractivity contribution in [3.05, 3.63) is 47.3 Å². The lowest BCUT2D eigenvalue weighted by Gasteiger charge is -2.29. The number of rotatable bonds is 5. The normalized spacial score (nSPS) is 19.5. The molecule has 1 aromatic heterocycles. The largest absolute Gasteiger partial charge is 0.452 e. The smallest absolute Gasteiger partial charge is 0.342 e. The van der Waals surface area contributed by atoms with Crippen molar-refractivity contribution in [2.75, 3.05) is 6.61 Å². The molecular formula is C21H27N3O3. The van der Waals surface area contributed by atoms with E-state index in [1.165, 1.54) is 6.42 Å². The van der Waals surface area contributed by atoms with Crippen LogP contribution in [0.25, 0.3) is 5.69 Å². The molecule has 1 fully saturated rings. The van der Waals surface area contributed by atoms with Gasteiger partial charge in [0, 0.05) is 6.04 Å². The van der Waals surface area contributed by atoms with Crippen molar-refractivity contribution in [1.82, 2.24) is 15.1 Å². The van der Waals surface area contributed by atoms with Gasteiger partial charge in [-0.3, -0.25) is 4.79 Å². The van der Waals surface area contributed by atoms with Crippen molar-refractivity contribution in [2.45, 2.75) is 52.5 Å². The summed E-state index contributed by atoms with van der Waals surface area (Å²) < 4.78 is 6.99. The number of nitrogens with one attached hydrogen (secondary N) is 1. The van der Waals surface area contributed by atoms with Crippen LogP contribution >= 0.6 is 0 Å². The van der Waals surface area contributed by atoms with Crippen LogP contribution in [0.5, 0.6) is 0 Å². The molecule has 0 unspecified atom stereocenters. The van der Waals surface area contributed by atoms with Crippen LogP contribution in [-0.2, 0) is 9.53 Å². The maximum atomic E-state index is 12.5. The summed E-state index contributed by atoms with van der Waals surface area (Å²) in [4.78, 5) is 24.7. The molecule has 6 heteroatoms. The molecule has 3 rings (SSSR count). The zero-order valence-corrected chi connectivity index (χ0v) is 16.2. The molecule has 144 valence electrons. The van der Waals surface area contributed by atoms with E-state index in [1.54, 1.807) is 11.6 Å². The van der Waals surface area contributed by atoms with E-state index in [4.69, 9.17) is 4.74 Å². The third-order valence-electron chi connectivity index (χ3n) is 5.29. The van der Waals surface area contributed by atoms with E-state index >= 15 is 0 Å². The van der Waals surface area contributed by atoms with E-state index in [-0.39, 0.29) is 18.6 Å². The van der Waals surface area contributed by atoms with Crippen molar-refractivity contribution in [2.24, 2.45) is 5.92 Å². The van der Waals surface area contributed by atoms with Gasteiger partial charge in [-0.2, -0.15) is 5.10 Å². The van der Waals surface area contributed by atoms with Gasteiger partial charge in [-0.15, -0.1) is 0 Å². The van der Waals surface area contributed by atoms with Gasteiger partial charge in [-0.1, -0.05) is 38.0 Å². The second kappa shape index (κ2) is 8.37. The molecule has 1 heterocycles. The number of aromatic nitrogens is 2. The molecule has 1 saturated carbocycles. The minimum atomic E-state index is -0.515. The van der Waals surface area contributed by atoms with Gasteiger partial charge in [0.05, 0.1) is 17.1 Å². The Labute approximate surface area is 159 Å². The molecule has 1 N–H and O–H groups in total. The highest BCUT2D eigenvalue weighted by Crippen LogP contribution is 2.23. The standard InChI is InChI=1S/C21H27N3O3/c1-14-9-7-8-12-18(14)22-19(25)13-27-21(26)20-15(2)23-24(16(20)3)17-10-5-4-6-11-17/h4-6,10-11,14,18H,7-9,12-13H2,1-3H3,(H,22,25)/t14-,18-/m0/s1. The Bertz CT molecular complexity index is 814. The molecule has 2 atom stereocenters. The van der Waals surface area contributed by atoms with Crippen molar-refractivity contribution >= 4 is 11.9 Å². The van der Waals surface area contributed by atoms with Crippen LogP contribution in [0.1, 0.15) is 54.4 Å². The van der Waals surface area contributed by atoms with E-state index < -0.39 is 5.97 Å². The summed E-state index contributed by atoms with van der Waals surface area (Å²) in [6.45, 7) is 5.48. The van der Waals surface area contributed by atoms with E-state index in [1.807, 2.05) is 37.3 Å². The van der Waals surface area contributed by atoms with E-state index in [2.05, 4.69) is 17.3 Å². The number of nitrogens with zero attached hydrogens (tertiary/aromatic N) is 2. The molecule has 0 bridgehead atoms. The van der Waals surface area contributed by atoms with Gasteiger partial charge in [-0.25, -0.2) is 9.48 Å². The Morgan fingerprint density at radius 3 is 2.59 bits per heavy atom. The fourth-order valence-corrected chi connectivity index (χ4v) is 3.74. The molecular weight excluding hydrogens is 342 g/mol. The van der Waals surface area contributed by atoms with Crippen LogP contribution < -0.4 is 5.32 Å². The quantitative estimate of drug-likeness (QED) is 0.821. The summed E-state index contributed by atoms with van der Waals surface area (Å²) in [5, 5.41) is 7.45. The van der Waals surface area contributed by atoms with Crippen LogP contribution in [0.2, 0.25) is 0 Å². The fourth-order valence-electron chi connectivity index (χ4n) is 3.74. The lowest BCUT2D eigenvalue weighted by Crippen LogP contribution is -2.42. The molecule has 1 amide bonds. The highest BCUT2D eigenvalue weighted by atomic mass is 16.5. The van der Waals surface area contributed by atoms with Crippen LogP contribution in [0.4, 0.5) is 0 Å². The monoisotopic (exact) mass is 369 g/mol. The average molecular weight is 369 g/mol. The number of amides is 1.